The molecule has 0 amide bonds. The topological polar surface area (TPSA) is 78.9 Å². The van der Waals surface area contributed by atoms with Crippen LogP contribution in [0.4, 0.5) is 0 Å². The van der Waals surface area contributed by atoms with E-state index < -0.39 is 6.10 Å². The summed E-state index contributed by atoms with van der Waals surface area (Å²) in [6.45, 7) is 6.58. The summed E-state index contributed by atoms with van der Waals surface area (Å²) in [6.07, 6.45) is 72.3. The quantitative estimate of drug-likeness (QED) is 0.0262. The van der Waals surface area contributed by atoms with Crippen molar-refractivity contribution in [2.75, 3.05) is 13.2 Å². The van der Waals surface area contributed by atoms with Crippen molar-refractivity contribution in [1.82, 2.24) is 0 Å². The van der Waals surface area contributed by atoms with E-state index in [9.17, 15) is 14.4 Å². The van der Waals surface area contributed by atoms with E-state index in [-0.39, 0.29) is 37.5 Å². The molecule has 0 aromatic heterocycles. The second-order valence-electron chi connectivity index (χ2n) is 19.9. The summed E-state index contributed by atoms with van der Waals surface area (Å²) in [5.41, 5.74) is 0. The van der Waals surface area contributed by atoms with Gasteiger partial charge in [-0.25, -0.2) is 0 Å². The first-order chi connectivity index (χ1) is 34.0. The molecular weight excluding hydrogens is 853 g/mol. The van der Waals surface area contributed by atoms with Crippen LogP contribution in [0.3, 0.4) is 0 Å². The van der Waals surface area contributed by atoms with E-state index in [0.29, 0.717) is 19.3 Å². The van der Waals surface area contributed by atoms with Crippen LogP contribution in [-0.2, 0) is 28.6 Å². The number of esters is 3. The van der Waals surface area contributed by atoms with Crippen LogP contribution < -0.4 is 0 Å². The van der Waals surface area contributed by atoms with Gasteiger partial charge >= 0.3 is 17.9 Å². The molecule has 0 radical (unpaired) electrons. The van der Waals surface area contributed by atoms with Gasteiger partial charge < -0.3 is 14.2 Å². The van der Waals surface area contributed by atoms with Crippen LogP contribution in [0.2, 0.25) is 0 Å². The Morgan fingerprint density at radius 1 is 0.290 bits per heavy atom. The van der Waals surface area contributed by atoms with Crippen LogP contribution in [0.25, 0.3) is 0 Å². The third kappa shape index (κ3) is 55.9. The van der Waals surface area contributed by atoms with Gasteiger partial charge in [-0.2, -0.15) is 0 Å². The third-order valence-corrected chi connectivity index (χ3v) is 13.0. The van der Waals surface area contributed by atoms with Crippen molar-refractivity contribution in [3.05, 3.63) is 60.8 Å². The second-order valence-corrected chi connectivity index (χ2v) is 19.9. The van der Waals surface area contributed by atoms with E-state index in [4.69, 9.17) is 14.2 Å². The minimum atomic E-state index is -0.800. The highest BCUT2D eigenvalue weighted by molar-refractivity contribution is 5.71. The maximum Gasteiger partial charge on any atom is 0.306 e. The average molecular weight is 966 g/mol. The molecule has 0 spiro atoms. The van der Waals surface area contributed by atoms with Gasteiger partial charge in [0.2, 0.25) is 0 Å². The molecule has 0 unspecified atom stereocenters. The molecule has 1 atom stereocenters. The molecule has 6 heteroatoms. The molecule has 0 saturated carbocycles. The van der Waals surface area contributed by atoms with Crippen molar-refractivity contribution >= 4 is 17.9 Å². The maximum atomic E-state index is 12.9. The molecule has 0 N–H and O–H groups in total. The fourth-order valence-corrected chi connectivity index (χ4v) is 8.55. The van der Waals surface area contributed by atoms with Gasteiger partial charge in [-0.15, -0.1) is 0 Å². The Morgan fingerprint density at radius 2 is 0.551 bits per heavy atom. The van der Waals surface area contributed by atoms with E-state index in [1.165, 1.54) is 193 Å². The van der Waals surface area contributed by atoms with Crippen LogP contribution in [0.5, 0.6) is 0 Å². The molecule has 0 saturated heterocycles. The van der Waals surface area contributed by atoms with Crippen LogP contribution in [0.15, 0.2) is 60.8 Å². The molecule has 0 aliphatic heterocycles. The van der Waals surface area contributed by atoms with Crippen molar-refractivity contribution in [2.24, 2.45) is 0 Å². The molecular formula is C63H112O6. The van der Waals surface area contributed by atoms with Crippen molar-refractivity contribution in [3.63, 3.8) is 0 Å². The van der Waals surface area contributed by atoms with Gasteiger partial charge in [0.25, 0.3) is 0 Å². The van der Waals surface area contributed by atoms with Crippen LogP contribution >= 0.6 is 0 Å². The molecule has 0 aliphatic rings. The molecule has 0 aromatic rings. The third-order valence-electron chi connectivity index (χ3n) is 13.0. The zero-order chi connectivity index (χ0) is 50.0. The van der Waals surface area contributed by atoms with E-state index in [1.807, 2.05) is 6.08 Å². The molecule has 6 nitrogen and oxygen atoms in total. The highest BCUT2D eigenvalue weighted by atomic mass is 16.6. The highest BCUT2D eigenvalue weighted by Gasteiger charge is 2.19. The van der Waals surface area contributed by atoms with Gasteiger partial charge in [0, 0.05) is 19.3 Å². The Kier molecular flexibility index (Phi) is 55.3. The van der Waals surface area contributed by atoms with E-state index >= 15 is 0 Å². The average Bonchev–Trinajstić information content (AvgIpc) is 3.35. The fraction of sp³-hybridized carbons (Fsp3) is 0.794. The van der Waals surface area contributed by atoms with Crippen LogP contribution in [0, 0.1) is 0 Å². The second kappa shape index (κ2) is 57.7. The number of rotatable bonds is 54. The number of carbonyl (C=O) groups excluding carboxylic acids is 3. The zero-order valence-electron chi connectivity index (χ0n) is 45.8. The van der Waals surface area contributed by atoms with Crippen molar-refractivity contribution in [2.45, 2.75) is 309 Å². The number of hydrogen-bond acceptors (Lipinski definition) is 6. The molecule has 0 aromatic carbocycles. The number of hydrogen-bond donors (Lipinski definition) is 0. The standard InChI is InChI=1S/C63H112O6/c1-4-7-10-13-16-19-22-24-26-28-30-31-33-35-37-39-42-45-48-51-54-57-63(66)69-60(58-67-61(64)55-52-49-46-43-40-21-18-15-12-9-6-3)59-68-62(65)56-53-50-47-44-41-38-36-34-32-29-27-25-23-20-17-14-11-8-5-2/h17,20,25,27,32,34,38,41,47,50,60H,4-16,18-19,21-24,26,28-31,33,35-37,39-40,42-46,48-49,51-59H2,1-3H3/b20-17-,27-25-,34-32-,41-38-,50-47-/t60-/m0/s1. The van der Waals surface area contributed by atoms with Gasteiger partial charge in [0.05, 0.1) is 0 Å². The summed E-state index contributed by atoms with van der Waals surface area (Å²) < 4.78 is 16.8. The van der Waals surface area contributed by atoms with Gasteiger partial charge in [0.1, 0.15) is 13.2 Å². The lowest BCUT2D eigenvalue weighted by Gasteiger charge is -2.18. The first-order valence-corrected chi connectivity index (χ1v) is 29.8. The van der Waals surface area contributed by atoms with E-state index in [0.717, 1.165) is 64.2 Å². The number of allylic oxidation sites excluding steroid dienone is 10. The Bertz CT molecular complexity index is 1250. The summed E-state index contributed by atoms with van der Waals surface area (Å²) in [4.78, 5) is 38.1. The number of unbranched alkanes of at least 4 members (excludes halogenated alkanes) is 33. The van der Waals surface area contributed by atoms with Crippen LogP contribution in [0.1, 0.15) is 303 Å². The molecule has 0 rings (SSSR count). The molecule has 400 valence electrons. The van der Waals surface area contributed by atoms with Crippen molar-refractivity contribution in [3.8, 4) is 0 Å². The van der Waals surface area contributed by atoms with E-state index in [2.05, 4.69) is 75.5 Å². The van der Waals surface area contributed by atoms with Gasteiger partial charge in [-0.1, -0.05) is 287 Å². The minimum absolute atomic E-state index is 0.0931. The Balaban J connectivity index is 4.38. The molecule has 69 heavy (non-hydrogen) atoms. The smallest absolute Gasteiger partial charge is 0.306 e. The predicted molar refractivity (Wildman–Crippen MR) is 298 cm³/mol. The highest BCUT2D eigenvalue weighted by Crippen LogP contribution is 2.17. The monoisotopic (exact) mass is 965 g/mol. The van der Waals surface area contributed by atoms with Gasteiger partial charge in [-0.05, 0) is 57.8 Å². The Hall–Kier alpha value is -2.89. The lowest BCUT2D eigenvalue weighted by molar-refractivity contribution is -0.166. The fourth-order valence-electron chi connectivity index (χ4n) is 8.55. The number of ether oxygens (including phenoxy) is 3. The summed E-state index contributed by atoms with van der Waals surface area (Å²) in [5.74, 6) is -0.966. The van der Waals surface area contributed by atoms with Crippen molar-refractivity contribution < 1.29 is 28.6 Å². The summed E-state index contributed by atoms with van der Waals surface area (Å²) >= 11 is 0. The first-order valence-electron chi connectivity index (χ1n) is 29.8. The molecule has 0 fully saturated rings. The normalized spacial score (nSPS) is 12.4. The lowest BCUT2D eigenvalue weighted by atomic mass is 10.0. The molecule has 0 bridgehead atoms. The largest absolute Gasteiger partial charge is 0.462 e. The minimum Gasteiger partial charge on any atom is -0.462 e. The zero-order valence-corrected chi connectivity index (χ0v) is 45.8. The summed E-state index contributed by atoms with van der Waals surface area (Å²) in [7, 11) is 0. The van der Waals surface area contributed by atoms with Gasteiger partial charge in [0.15, 0.2) is 6.10 Å². The van der Waals surface area contributed by atoms with E-state index in [1.54, 1.807) is 0 Å². The maximum absolute atomic E-state index is 12.9. The Labute approximate surface area is 428 Å². The number of carbonyl (C=O) groups is 3. The van der Waals surface area contributed by atoms with Gasteiger partial charge in [-0.3, -0.25) is 14.4 Å². The lowest BCUT2D eigenvalue weighted by Crippen LogP contribution is -2.30. The van der Waals surface area contributed by atoms with Crippen molar-refractivity contribution in [1.29, 1.82) is 0 Å². The van der Waals surface area contributed by atoms with Crippen LogP contribution in [-0.4, -0.2) is 37.2 Å². The summed E-state index contributed by atoms with van der Waals surface area (Å²) in [5, 5.41) is 0. The molecule has 0 aliphatic carbocycles. The summed E-state index contributed by atoms with van der Waals surface area (Å²) in [6, 6.07) is 0. The Morgan fingerprint density at radius 3 is 0.899 bits per heavy atom. The predicted octanol–water partition coefficient (Wildman–Crippen LogP) is 20.0. The molecule has 0 heterocycles. The SMILES string of the molecule is CCCCC/C=C\C/C=C\C/C=C\C/C=C\C/C=C\CCC(=O)OC[C@H](COC(=O)CCCCCCCCCCCCC)OC(=O)CCCCCCCCCCCCCCCCCCCCCCC. The first kappa shape index (κ1) is 66.1.